The maximum Gasteiger partial charge on any atom is 0.166 e. The molecular formula is C20H22O. The standard InChI is InChI=1S/C20H22O/c1-20(2,3)15-10-14-7-4-12-8-9-16(17(11-15)18(12)14)19(21)13-5-6-13/h8-11,13H,4-7H2,1-3H3. The Balaban J connectivity index is 2.01. The lowest BCUT2D eigenvalue weighted by Gasteiger charge is -2.21. The van der Waals surface area contributed by atoms with Crippen molar-refractivity contribution >= 4 is 16.6 Å². The average molecular weight is 278 g/mol. The summed E-state index contributed by atoms with van der Waals surface area (Å²) in [5.41, 5.74) is 5.31. The molecule has 0 saturated heterocycles. The minimum absolute atomic E-state index is 0.128. The molecule has 2 aromatic rings. The lowest BCUT2D eigenvalue weighted by molar-refractivity contribution is 0.0969. The summed E-state index contributed by atoms with van der Waals surface area (Å²) < 4.78 is 0. The predicted octanol–water partition coefficient (Wildman–Crippen LogP) is 4.83. The number of hydrogen-bond donors (Lipinski definition) is 0. The normalized spacial score (nSPS) is 17.5. The zero-order valence-corrected chi connectivity index (χ0v) is 13.1. The van der Waals surface area contributed by atoms with E-state index in [0.717, 1.165) is 31.2 Å². The molecule has 0 radical (unpaired) electrons. The molecule has 0 atom stereocenters. The highest BCUT2D eigenvalue weighted by Crippen LogP contribution is 2.40. The molecule has 1 saturated carbocycles. The molecule has 0 spiro atoms. The van der Waals surface area contributed by atoms with Crippen molar-refractivity contribution in [2.45, 2.75) is 51.9 Å². The molecule has 1 heteroatoms. The second-order valence-electron chi connectivity index (χ2n) is 7.72. The Morgan fingerprint density at radius 2 is 1.76 bits per heavy atom. The first-order chi connectivity index (χ1) is 9.95. The zero-order valence-electron chi connectivity index (χ0n) is 13.1. The Kier molecular flexibility index (Phi) is 2.61. The smallest absolute Gasteiger partial charge is 0.166 e. The minimum Gasteiger partial charge on any atom is -0.294 e. The van der Waals surface area contributed by atoms with Crippen molar-refractivity contribution in [1.29, 1.82) is 0 Å². The Morgan fingerprint density at radius 1 is 1.05 bits per heavy atom. The average Bonchev–Trinajstić information content (AvgIpc) is 3.20. The Labute approximate surface area is 126 Å². The highest BCUT2D eigenvalue weighted by Gasteiger charge is 2.32. The van der Waals surface area contributed by atoms with Crippen molar-refractivity contribution in [3.05, 3.63) is 46.5 Å². The molecule has 0 aromatic heterocycles. The number of ketones is 1. The molecule has 2 aromatic carbocycles. The van der Waals surface area contributed by atoms with Crippen molar-refractivity contribution in [2.24, 2.45) is 5.92 Å². The van der Waals surface area contributed by atoms with Crippen LogP contribution in [-0.4, -0.2) is 5.78 Å². The van der Waals surface area contributed by atoms with Gasteiger partial charge in [-0.05, 0) is 64.6 Å². The summed E-state index contributed by atoms with van der Waals surface area (Å²) >= 11 is 0. The van der Waals surface area contributed by atoms with Crippen LogP contribution in [0.5, 0.6) is 0 Å². The summed E-state index contributed by atoms with van der Waals surface area (Å²) in [6.07, 6.45) is 4.40. The van der Waals surface area contributed by atoms with Gasteiger partial charge in [-0.15, -0.1) is 0 Å². The number of carbonyl (C=O) groups is 1. The van der Waals surface area contributed by atoms with E-state index in [-0.39, 0.29) is 5.41 Å². The third kappa shape index (κ3) is 2.02. The van der Waals surface area contributed by atoms with E-state index in [9.17, 15) is 4.79 Å². The summed E-state index contributed by atoms with van der Waals surface area (Å²) in [4.78, 5) is 12.6. The van der Waals surface area contributed by atoms with Crippen molar-refractivity contribution < 1.29 is 4.79 Å². The van der Waals surface area contributed by atoms with E-state index in [0.29, 0.717) is 11.7 Å². The van der Waals surface area contributed by atoms with Crippen molar-refractivity contribution in [2.75, 3.05) is 0 Å². The Bertz CT molecular complexity index is 757. The van der Waals surface area contributed by atoms with E-state index >= 15 is 0 Å². The molecule has 0 bridgehead atoms. The summed E-state index contributed by atoms with van der Waals surface area (Å²) in [5.74, 6) is 0.659. The van der Waals surface area contributed by atoms with E-state index < -0.39 is 0 Å². The third-order valence-corrected chi connectivity index (χ3v) is 5.03. The molecule has 1 fully saturated rings. The first kappa shape index (κ1) is 13.1. The molecule has 0 heterocycles. The highest BCUT2D eigenvalue weighted by atomic mass is 16.1. The SMILES string of the molecule is CC(C)(C)c1cc2c3c(ccc(C(=O)C4CC4)c3c1)CC2. The minimum atomic E-state index is 0.128. The van der Waals surface area contributed by atoms with Gasteiger partial charge in [0.15, 0.2) is 5.78 Å². The van der Waals surface area contributed by atoms with Gasteiger partial charge in [0.05, 0.1) is 0 Å². The van der Waals surface area contributed by atoms with E-state index in [4.69, 9.17) is 0 Å². The fourth-order valence-electron chi connectivity index (χ4n) is 3.54. The molecule has 1 nitrogen and oxygen atoms in total. The van der Waals surface area contributed by atoms with Crippen LogP contribution < -0.4 is 0 Å². The molecule has 0 unspecified atom stereocenters. The quantitative estimate of drug-likeness (QED) is 0.719. The van der Waals surface area contributed by atoms with Gasteiger partial charge in [0, 0.05) is 11.5 Å². The molecule has 0 amide bonds. The number of rotatable bonds is 2. The second kappa shape index (κ2) is 4.19. The summed E-state index contributed by atoms with van der Waals surface area (Å²) in [7, 11) is 0. The van der Waals surface area contributed by atoms with Crippen molar-refractivity contribution in [3.63, 3.8) is 0 Å². The van der Waals surface area contributed by atoms with E-state index in [1.807, 2.05) is 0 Å². The van der Waals surface area contributed by atoms with Crippen LogP contribution >= 0.6 is 0 Å². The van der Waals surface area contributed by atoms with Crippen LogP contribution in [0.25, 0.3) is 10.8 Å². The van der Waals surface area contributed by atoms with Gasteiger partial charge in [0.2, 0.25) is 0 Å². The number of benzene rings is 2. The monoisotopic (exact) mass is 278 g/mol. The first-order valence-corrected chi connectivity index (χ1v) is 8.08. The van der Waals surface area contributed by atoms with Crippen molar-refractivity contribution in [3.8, 4) is 0 Å². The van der Waals surface area contributed by atoms with Gasteiger partial charge in [-0.1, -0.05) is 39.0 Å². The van der Waals surface area contributed by atoms with Gasteiger partial charge in [-0.25, -0.2) is 0 Å². The first-order valence-electron chi connectivity index (χ1n) is 8.08. The van der Waals surface area contributed by atoms with Crippen LogP contribution in [0.4, 0.5) is 0 Å². The molecule has 21 heavy (non-hydrogen) atoms. The van der Waals surface area contributed by atoms with Gasteiger partial charge in [-0.3, -0.25) is 4.79 Å². The Hall–Kier alpha value is -1.63. The van der Waals surface area contributed by atoms with Crippen LogP contribution in [0.2, 0.25) is 0 Å². The lowest BCUT2D eigenvalue weighted by atomic mass is 9.83. The van der Waals surface area contributed by atoms with Gasteiger partial charge < -0.3 is 0 Å². The molecule has 108 valence electrons. The van der Waals surface area contributed by atoms with E-state index in [2.05, 4.69) is 45.0 Å². The van der Waals surface area contributed by atoms with Crippen LogP contribution in [0.1, 0.15) is 60.7 Å². The molecule has 0 aliphatic heterocycles. The molecule has 2 aliphatic rings. The number of hydrogen-bond acceptors (Lipinski definition) is 1. The topological polar surface area (TPSA) is 17.1 Å². The van der Waals surface area contributed by atoms with Gasteiger partial charge in [0.25, 0.3) is 0 Å². The third-order valence-electron chi connectivity index (χ3n) is 5.03. The molecule has 4 rings (SSSR count). The van der Waals surface area contributed by atoms with Crippen LogP contribution in [0, 0.1) is 5.92 Å². The van der Waals surface area contributed by atoms with Gasteiger partial charge in [-0.2, -0.15) is 0 Å². The molecule has 2 aliphatic carbocycles. The highest BCUT2D eigenvalue weighted by molar-refractivity contribution is 6.11. The van der Waals surface area contributed by atoms with E-state index in [1.165, 1.54) is 27.5 Å². The van der Waals surface area contributed by atoms with Crippen molar-refractivity contribution in [1.82, 2.24) is 0 Å². The predicted molar refractivity (Wildman–Crippen MR) is 87.1 cm³/mol. The van der Waals surface area contributed by atoms with Crippen LogP contribution in [0.3, 0.4) is 0 Å². The van der Waals surface area contributed by atoms with Crippen LogP contribution in [-0.2, 0) is 18.3 Å². The zero-order chi connectivity index (χ0) is 14.8. The number of aryl methyl sites for hydroxylation is 2. The second-order valence-corrected chi connectivity index (χ2v) is 7.72. The molecule has 0 N–H and O–H groups in total. The van der Waals surface area contributed by atoms with Crippen LogP contribution in [0.15, 0.2) is 24.3 Å². The number of Topliss-reactive ketones (excluding diaryl/α,β-unsaturated/α-hetero) is 1. The maximum atomic E-state index is 12.6. The van der Waals surface area contributed by atoms with E-state index in [1.54, 1.807) is 0 Å². The van der Waals surface area contributed by atoms with Gasteiger partial charge >= 0.3 is 0 Å². The molecular weight excluding hydrogens is 256 g/mol. The lowest BCUT2D eigenvalue weighted by Crippen LogP contribution is -2.12. The number of carbonyl (C=O) groups excluding carboxylic acids is 1. The maximum absolute atomic E-state index is 12.6. The largest absolute Gasteiger partial charge is 0.294 e. The Morgan fingerprint density at radius 3 is 2.43 bits per heavy atom. The summed E-state index contributed by atoms with van der Waals surface area (Å²) in [6, 6.07) is 8.92. The van der Waals surface area contributed by atoms with Gasteiger partial charge in [0.1, 0.15) is 0 Å². The summed E-state index contributed by atoms with van der Waals surface area (Å²) in [5, 5.41) is 2.58. The fraction of sp³-hybridized carbons (Fsp3) is 0.450. The fourth-order valence-corrected chi connectivity index (χ4v) is 3.54. The summed E-state index contributed by atoms with van der Waals surface area (Å²) in [6.45, 7) is 6.76.